The largest absolute Gasteiger partial charge is 0.507 e. The second-order valence-electron chi connectivity index (χ2n) is 3.00. The number of terminal acetylenes is 2. The number of carbonyl (C=O) groups is 1. The van der Waals surface area contributed by atoms with Crippen LogP contribution >= 0.6 is 15.9 Å². The van der Waals surface area contributed by atoms with Crippen LogP contribution in [-0.4, -0.2) is 30.1 Å². The Bertz CT molecular complexity index is 497. The summed E-state index contributed by atoms with van der Waals surface area (Å²) < 4.78 is 9.57. The standard InChI is InChI=1S/C11H10O4.C3H3Br/c1-3-6-15-8-4-5-10(12)9(7-8)11(13)14-2;1-2-3-4/h1,4-5,7,12H,6H2,2H3;1H,3H2. The number of esters is 1. The zero-order valence-electron chi connectivity index (χ0n) is 10.4. The number of phenolic OH excluding ortho intramolecular Hbond substituents is 1. The van der Waals surface area contributed by atoms with Crippen molar-refractivity contribution in [3.8, 4) is 36.2 Å². The van der Waals surface area contributed by atoms with Gasteiger partial charge in [0.25, 0.3) is 0 Å². The summed E-state index contributed by atoms with van der Waals surface area (Å²) in [5.74, 6) is 4.26. The van der Waals surface area contributed by atoms with Crippen LogP contribution in [0.2, 0.25) is 0 Å². The third kappa shape index (κ3) is 6.40. The summed E-state index contributed by atoms with van der Waals surface area (Å²) in [5.41, 5.74) is 0.0482. The molecule has 19 heavy (non-hydrogen) atoms. The molecular weight excluding hydrogens is 312 g/mol. The number of ether oxygens (including phenoxy) is 2. The average molecular weight is 325 g/mol. The summed E-state index contributed by atoms with van der Waals surface area (Å²) >= 11 is 3.01. The molecule has 100 valence electrons. The van der Waals surface area contributed by atoms with Crippen LogP contribution in [0.5, 0.6) is 11.5 Å². The first-order valence-electron chi connectivity index (χ1n) is 5.07. The molecule has 4 nitrogen and oxygen atoms in total. The van der Waals surface area contributed by atoms with Crippen molar-refractivity contribution in [3.63, 3.8) is 0 Å². The Morgan fingerprint density at radius 1 is 1.42 bits per heavy atom. The molecule has 0 spiro atoms. The third-order valence-corrected chi connectivity index (χ3v) is 2.10. The van der Waals surface area contributed by atoms with E-state index in [9.17, 15) is 9.90 Å². The first-order valence-corrected chi connectivity index (χ1v) is 6.19. The Hall–Kier alpha value is -2.11. The van der Waals surface area contributed by atoms with Crippen LogP contribution in [0, 0.1) is 24.7 Å². The van der Waals surface area contributed by atoms with E-state index in [1.54, 1.807) is 0 Å². The van der Waals surface area contributed by atoms with Crippen molar-refractivity contribution >= 4 is 21.9 Å². The predicted molar refractivity (Wildman–Crippen MR) is 76.4 cm³/mol. The molecule has 0 saturated heterocycles. The highest BCUT2D eigenvalue weighted by Crippen LogP contribution is 2.23. The highest BCUT2D eigenvalue weighted by molar-refractivity contribution is 9.09. The molecule has 1 rings (SSSR count). The lowest BCUT2D eigenvalue weighted by molar-refractivity contribution is 0.0597. The molecule has 0 amide bonds. The van der Waals surface area contributed by atoms with Gasteiger partial charge in [-0.1, -0.05) is 27.8 Å². The number of hydrogen-bond donors (Lipinski definition) is 1. The number of hydrogen-bond acceptors (Lipinski definition) is 4. The smallest absolute Gasteiger partial charge is 0.341 e. The molecule has 1 aromatic carbocycles. The van der Waals surface area contributed by atoms with Crippen LogP contribution in [0.15, 0.2) is 18.2 Å². The minimum absolute atomic E-state index is 0.0482. The number of methoxy groups -OCH3 is 1. The topological polar surface area (TPSA) is 55.8 Å². The SMILES string of the molecule is C#CCBr.C#CCOc1ccc(O)c(C(=O)OC)c1. The van der Waals surface area contributed by atoms with Crippen LogP contribution in [-0.2, 0) is 4.74 Å². The van der Waals surface area contributed by atoms with Gasteiger partial charge in [0.2, 0.25) is 0 Å². The Labute approximate surface area is 120 Å². The van der Waals surface area contributed by atoms with E-state index in [0.717, 1.165) is 0 Å². The third-order valence-electron chi connectivity index (χ3n) is 1.77. The molecule has 0 bridgehead atoms. The number of phenols is 1. The summed E-state index contributed by atoms with van der Waals surface area (Å²) in [7, 11) is 1.23. The van der Waals surface area contributed by atoms with E-state index >= 15 is 0 Å². The Morgan fingerprint density at radius 3 is 2.53 bits per heavy atom. The van der Waals surface area contributed by atoms with Gasteiger partial charge < -0.3 is 14.6 Å². The fourth-order valence-electron chi connectivity index (χ4n) is 1.00. The summed E-state index contributed by atoms with van der Waals surface area (Å²) in [6, 6.07) is 4.23. The summed E-state index contributed by atoms with van der Waals surface area (Å²) in [6.07, 6.45) is 9.75. The zero-order chi connectivity index (χ0) is 14.7. The van der Waals surface area contributed by atoms with Gasteiger partial charge in [0.15, 0.2) is 0 Å². The molecule has 0 heterocycles. The molecule has 0 unspecified atom stereocenters. The lowest BCUT2D eigenvalue weighted by atomic mass is 10.2. The van der Waals surface area contributed by atoms with E-state index in [0.29, 0.717) is 11.1 Å². The maximum atomic E-state index is 11.2. The summed E-state index contributed by atoms with van der Waals surface area (Å²) in [5, 5.41) is 10.0. The Balaban J connectivity index is 0.000000711. The predicted octanol–water partition coefficient (Wildman–Crippen LogP) is 2.21. The minimum Gasteiger partial charge on any atom is -0.507 e. The van der Waals surface area contributed by atoms with Crippen molar-refractivity contribution in [1.29, 1.82) is 0 Å². The van der Waals surface area contributed by atoms with Crippen LogP contribution in [0.4, 0.5) is 0 Å². The number of alkyl halides is 1. The number of carbonyl (C=O) groups excluding carboxylic acids is 1. The minimum atomic E-state index is -0.626. The van der Waals surface area contributed by atoms with E-state index in [2.05, 4.69) is 32.5 Å². The Morgan fingerprint density at radius 2 is 2.05 bits per heavy atom. The van der Waals surface area contributed by atoms with E-state index in [1.807, 2.05) is 0 Å². The van der Waals surface area contributed by atoms with Crippen LogP contribution in [0.25, 0.3) is 0 Å². The van der Waals surface area contributed by atoms with Gasteiger partial charge in [-0.15, -0.1) is 12.8 Å². The average Bonchev–Trinajstić information content (AvgIpc) is 2.45. The Kier molecular flexibility index (Phi) is 8.78. The fraction of sp³-hybridized carbons (Fsp3) is 0.214. The summed E-state index contributed by atoms with van der Waals surface area (Å²) in [4.78, 5) is 11.2. The van der Waals surface area contributed by atoms with Gasteiger partial charge in [0.1, 0.15) is 23.7 Å². The molecule has 1 aromatic rings. The van der Waals surface area contributed by atoms with Crippen molar-refractivity contribution in [2.45, 2.75) is 0 Å². The maximum absolute atomic E-state index is 11.2. The first kappa shape index (κ1) is 16.9. The van der Waals surface area contributed by atoms with Crippen molar-refractivity contribution in [2.24, 2.45) is 0 Å². The van der Waals surface area contributed by atoms with E-state index < -0.39 is 5.97 Å². The molecule has 0 atom stereocenters. The van der Waals surface area contributed by atoms with Crippen molar-refractivity contribution in [1.82, 2.24) is 0 Å². The van der Waals surface area contributed by atoms with Gasteiger partial charge in [-0.2, -0.15) is 0 Å². The highest BCUT2D eigenvalue weighted by atomic mass is 79.9. The molecule has 5 heteroatoms. The molecular formula is C14H13BrO4. The normalized spacial score (nSPS) is 8.21. The van der Waals surface area contributed by atoms with Crippen LogP contribution in [0.3, 0.4) is 0 Å². The molecule has 0 saturated carbocycles. The van der Waals surface area contributed by atoms with Gasteiger partial charge in [0, 0.05) is 0 Å². The van der Waals surface area contributed by atoms with Gasteiger partial charge in [-0.25, -0.2) is 4.79 Å². The number of benzene rings is 1. The lowest BCUT2D eigenvalue weighted by Crippen LogP contribution is -2.02. The van der Waals surface area contributed by atoms with Gasteiger partial charge in [-0.3, -0.25) is 0 Å². The van der Waals surface area contributed by atoms with Gasteiger partial charge in [-0.05, 0) is 18.2 Å². The second-order valence-corrected chi connectivity index (χ2v) is 3.56. The second kappa shape index (κ2) is 9.87. The first-order chi connectivity index (χ1) is 9.10. The molecule has 0 aliphatic rings. The van der Waals surface area contributed by atoms with E-state index in [1.165, 1.54) is 25.3 Å². The molecule has 0 aromatic heterocycles. The van der Waals surface area contributed by atoms with Gasteiger partial charge in [0.05, 0.1) is 12.4 Å². The summed E-state index contributed by atoms with van der Waals surface area (Å²) in [6.45, 7) is 0.103. The van der Waals surface area contributed by atoms with E-state index in [-0.39, 0.29) is 17.9 Å². The van der Waals surface area contributed by atoms with Crippen LogP contribution < -0.4 is 4.74 Å². The zero-order valence-corrected chi connectivity index (χ0v) is 11.9. The van der Waals surface area contributed by atoms with Crippen molar-refractivity contribution < 1.29 is 19.4 Å². The number of rotatable bonds is 3. The van der Waals surface area contributed by atoms with Crippen molar-refractivity contribution in [3.05, 3.63) is 23.8 Å². The maximum Gasteiger partial charge on any atom is 0.341 e. The van der Waals surface area contributed by atoms with E-state index in [4.69, 9.17) is 17.6 Å². The van der Waals surface area contributed by atoms with Crippen LogP contribution in [0.1, 0.15) is 10.4 Å². The number of halogens is 1. The molecule has 0 fully saturated rings. The van der Waals surface area contributed by atoms with Gasteiger partial charge >= 0.3 is 5.97 Å². The highest BCUT2D eigenvalue weighted by Gasteiger charge is 2.12. The molecule has 0 aliphatic carbocycles. The molecule has 1 N–H and O–H groups in total. The molecule has 0 radical (unpaired) electrons. The quantitative estimate of drug-likeness (QED) is 0.526. The van der Waals surface area contributed by atoms with Crippen molar-refractivity contribution in [2.75, 3.05) is 19.0 Å². The monoisotopic (exact) mass is 324 g/mol. The lowest BCUT2D eigenvalue weighted by Gasteiger charge is -2.06. The fourth-order valence-corrected chi connectivity index (χ4v) is 1.00. The number of aromatic hydroxyl groups is 1. The molecule has 0 aliphatic heterocycles.